The van der Waals surface area contributed by atoms with Crippen LogP contribution in [0.3, 0.4) is 0 Å². The molecule has 0 bridgehead atoms. The molecule has 2 N–H and O–H groups in total. The second-order valence-electron chi connectivity index (χ2n) is 8.66. The first kappa shape index (κ1) is 20.0. The third kappa shape index (κ3) is 3.67. The van der Waals surface area contributed by atoms with E-state index in [0.717, 1.165) is 66.3 Å². The van der Waals surface area contributed by atoms with Crippen LogP contribution < -0.4 is 20.3 Å². The lowest BCUT2D eigenvalue weighted by atomic mass is 9.80. The number of rotatable bonds is 4. The summed E-state index contributed by atoms with van der Waals surface area (Å²) in [5.74, 6) is 0.653. The summed E-state index contributed by atoms with van der Waals surface area (Å²) in [6, 6.07) is 9.28. The largest absolute Gasteiger partial charge is 0.494 e. The predicted molar refractivity (Wildman–Crippen MR) is 122 cm³/mol. The van der Waals surface area contributed by atoms with Crippen LogP contribution in [0.5, 0.6) is 5.75 Å². The first-order chi connectivity index (χ1) is 15.1. The lowest BCUT2D eigenvalue weighted by Crippen LogP contribution is -2.41. The number of hydrogen-bond donors (Lipinski definition) is 2. The Morgan fingerprint density at radius 3 is 2.84 bits per heavy atom. The number of pyridine rings is 2. The van der Waals surface area contributed by atoms with Crippen LogP contribution in [0.2, 0.25) is 0 Å². The van der Waals surface area contributed by atoms with Gasteiger partial charge in [0.2, 0.25) is 0 Å². The summed E-state index contributed by atoms with van der Waals surface area (Å²) in [5.41, 5.74) is 3.82. The number of anilines is 2. The number of hydrogen-bond acceptors (Lipinski definition) is 6. The van der Waals surface area contributed by atoms with Gasteiger partial charge in [-0.2, -0.15) is 0 Å². The van der Waals surface area contributed by atoms with Gasteiger partial charge >= 0.3 is 0 Å². The molecule has 2 aliphatic heterocycles. The van der Waals surface area contributed by atoms with Crippen LogP contribution in [-0.2, 0) is 0 Å². The predicted octanol–water partition coefficient (Wildman–Crippen LogP) is 4.07. The molecule has 1 aromatic carbocycles. The van der Waals surface area contributed by atoms with Gasteiger partial charge in [0.25, 0.3) is 0 Å². The fourth-order valence-electron chi connectivity index (χ4n) is 4.99. The van der Waals surface area contributed by atoms with E-state index in [1.165, 1.54) is 20.0 Å². The maximum absolute atomic E-state index is 14.6. The van der Waals surface area contributed by atoms with Crippen molar-refractivity contribution >= 4 is 22.4 Å². The molecule has 0 saturated carbocycles. The summed E-state index contributed by atoms with van der Waals surface area (Å²) in [4.78, 5) is 11.7. The molecule has 5 rings (SSSR count). The molecule has 1 atom stereocenters. The molecule has 0 amide bonds. The highest BCUT2D eigenvalue weighted by molar-refractivity contribution is 5.95. The van der Waals surface area contributed by atoms with Crippen molar-refractivity contribution in [1.29, 1.82) is 0 Å². The monoisotopic (exact) mass is 421 g/mol. The van der Waals surface area contributed by atoms with E-state index in [4.69, 9.17) is 9.72 Å². The molecule has 2 aliphatic rings. The van der Waals surface area contributed by atoms with Crippen molar-refractivity contribution in [2.45, 2.75) is 19.3 Å². The molecule has 0 aliphatic carbocycles. The zero-order valence-corrected chi connectivity index (χ0v) is 18.0. The molecule has 2 fully saturated rings. The molecule has 2 saturated heterocycles. The van der Waals surface area contributed by atoms with Gasteiger partial charge in [0.05, 0.1) is 18.3 Å². The molecule has 0 radical (unpaired) electrons. The van der Waals surface area contributed by atoms with Gasteiger partial charge in [-0.3, -0.25) is 0 Å². The molecule has 7 heteroatoms. The summed E-state index contributed by atoms with van der Waals surface area (Å²) < 4.78 is 19.9. The van der Waals surface area contributed by atoms with Gasteiger partial charge < -0.3 is 20.3 Å². The van der Waals surface area contributed by atoms with Crippen LogP contribution in [0.1, 0.15) is 19.3 Å². The lowest BCUT2D eigenvalue weighted by molar-refractivity contribution is 0.239. The minimum atomic E-state index is -0.362. The van der Waals surface area contributed by atoms with Crippen molar-refractivity contribution < 1.29 is 9.13 Å². The highest BCUT2D eigenvalue weighted by Gasteiger charge is 2.39. The molecule has 3 aromatic rings. The van der Waals surface area contributed by atoms with Crippen molar-refractivity contribution in [3.8, 4) is 17.0 Å². The minimum Gasteiger partial charge on any atom is -0.494 e. The van der Waals surface area contributed by atoms with E-state index in [9.17, 15) is 4.39 Å². The molecule has 1 unspecified atom stereocenters. The Bertz CT molecular complexity index is 1100. The minimum absolute atomic E-state index is 0.209. The number of benzene rings is 1. The summed E-state index contributed by atoms with van der Waals surface area (Å²) in [6.07, 6.45) is 5.42. The van der Waals surface area contributed by atoms with Gasteiger partial charge in [-0.15, -0.1) is 0 Å². The second-order valence-corrected chi connectivity index (χ2v) is 8.66. The van der Waals surface area contributed by atoms with Gasteiger partial charge in [0.1, 0.15) is 5.82 Å². The number of halogens is 1. The van der Waals surface area contributed by atoms with Gasteiger partial charge in [0.15, 0.2) is 11.6 Å². The first-order valence-corrected chi connectivity index (χ1v) is 10.9. The first-order valence-electron chi connectivity index (χ1n) is 10.9. The summed E-state index contributed by atoms with van der Waals surface area (Å²) in [7, 11) is 3.33. The van der Waals surface area contributed by atoms with Gasteiger partial charge in [-0.25, -0.2) is 14.4 Å². The van der Waals surface area contributed by atoms with Crippen molar-refractivity contribution in [3.63, 3.8) is 0 Å². The zero-order valence-electron chi connectivity index (χ0n) is 18.0. The third-order valence-electron chi connectivity index (χ3n) is 6.72. The lowest BCUT2D eigenvalue weighted by Gasteiger charge is -2.34. The number of nitrogens with zero attached hydrogens (tertiary/aromatic N) is 3. The van der Waals surface area contributed by atoms with E-state index in [-0.39, 0.29) is 11.6 Å². The van der Waals surface area contributed by atoms with Crippen molar-refractivity contribution in [1.82, 2.24) is 15.3 Å². The van der Waals surface area contributed by atoms with Gasteiger partial charge in [-0.1, -0.05) is 0 Å². The van der Waals surface area contributed by atoms with E-state index in [2.05, 4.69) is 26.6 Å². The van der Waals surface area contributed by atoms with Crippen molar-refractivity contribution in [2.24, 2.45) is 5.41 Å². The average Bonchev–Trinajstić information content (AvgIpc) is 3.21. The number of ether oxygens (including phenoxy) is 1. The molecular formula is C24H28FN5O. The summed E-state index contributed by atoms with van der Waals surface area (Å²) >= 11 is 0. The quantitative estimate of drug-likeness (QED) is 0.662. The number of piperidine rings is 1. The Kier molecular flexibility index (Phi) is 5.14. The van der Waals surface area contributed by atoms with Crippen LogP contribution >= 0.6 is 0 Å². The standard InChI is InChI=1S/C24H28FN5O/c1-26-23-5-4-16(13-28-23)19-11-21(17-10-18(25)22(31-2)12-20(17)29-19)30-9-7-24(15-30)6-3-8-27-14-24/h4-5,10-13,27H,3,6-9,14-15H2,1-2H3,(H,26,28). The van der Waals surface area contributed by atoms with E-state index >= 15 is 0 Å². The van der Waals surface area contributed by atoms with Crippen LogP contribution in [0, 0.1) is 11.2 Å². The Balaban J connectivity index is 1.61. The molecule has 6 nitrogen and oxygen atoms in total. The van der Waals surface area contributed by atoms with Crippen molar-refractivity contribution in [2.75, 3.05) is 50.6 Å². The maximum atomic E-state index is 14.6. The number of methoxy groups -OCH3 is 1. The fraction of sp³-hybridized carbons (Fsp3) is 0.417. The van der Waals surface area contributed by atoms with Crippen molar-refractivity contribution in [3.05, 3.63) is 42.3 Å². The van der Waals surface area contributed by atoms with Crippen LogP contribution in [0.4, 0.5) is 15.9 Å². The van der Waals surface area contributed by atoms with E-state index in [0.29, 0.717) is 5.41 Å². The van der Waals surface area contributed by atoms with Gasteiger partial charge in [-0.05, 0) is 50.1 Å². The maximum Gasteiger partial charge on any atom is 0.165 e. The molecule has 162 valence electrons. The van der Waals surface area contributed by atoms with E-state index < -0.39 is 0 Å². The Hall–Kier alpha value is -2.93. The summed E-state index contributed by atoms with van der Waals surface area (Å²) in [6.45, 7) is 4.09. The normalized spacial score (nSPS) is 21.1. The zero-order chi connectivity index (χ0) is 21.4. The van der Waals surface area contributed by atoms with Crippen LogP contribution in [-0.4, -0.2) is 50.3 Å². The third-order valence-corrected chi connectivity index (χ3v) is 6.72. The SMILES string of the molecule is CNc1ccc(-c2cc(N3CCC4(CCCNC4)C3)c3cc(F)c(OC)cc3n2)cn1. The van der Waals surface area contributed by atoms with E-state index in [1.807, 2.05) is 25.4 Å². The van der Waals surface area contributed by atoms with Gasteiger partial charge in [0, 0.05) is 61.0 Å². The Morgan fingerprint density at radius 2 is 2.13 bits per heavy atom. The average molecular weight is 422 g/mol. The Labute approximate surface area is 181 Å². The number of aromatic nitrogens is 2. The Morgan fingerprint density at radius 1 is 1.23 bits per heavy atom. The van der Waals surface area contributed by atoms with Crippen LogP contribution in [0.15, 0.2) is 36.5 Å². The number of fused-ring (bicyclic) bond motifs is 1. The molecule has 4 heterocycles. The fourth-order valence-corrected chi connectivity index (χ4v) is 4.99. The molecule has 2 aromatic heterocycles. The smallest absolute Gasteiger partial charge is 0.165 e. The van der Waals surface area contributed by atoms with Crippen LogP contribution in [0.25, 0.3) is 22.2 Å². The topological polar surface area (TPSA) is 62.3 Å². The second kappa shape index (κ2) is 7.96. The number of nitrogens with one attached hydrogen (secondary N) is 2. The van der Waals surface area contributed by atoms with E-state index in [1.54, 1.807) is 12.1 Å². The summed E-state index contributed by atoms with van der Waals surface area (Å²) in [5, 5.41) is 7.43. The molecular weight excluding hydrogens is 393 g/mol. The molecule has 1 spiro atoms. The highest BCUT2D eigenvalue weighted by atomic mass is 19.1. The highest BCUT2D eigenvalue weighted by Crippen LogP contribution is 2.42. The molecule has 31 heavy (non-hydrogen) atoms.